The fourth-order valence-electron chi connectivity index (χ4n) is 4.80. The molecule has 0 radical (unpaired) electrons. The monoisotopic (exact) mass is 436 g/mol. The molecule has 1 aliphatic heterocycles. The number of aryl methyl sites for hydroxylation is 3. The molecule has 1 fully saturated rings. The second-order valence-corrected chi connectivity index (χ2v) is 9.74. The van der Waals surface area contributed by atoms with Gasteiger partial charge in [0.2, 0.25) is 5.91 Å². The van der Waals surface area contributed by atoms with Gasteiger partial charge in [0.1, 0.15) is 4.83 Å². The lowest BCUT2D eigenvalue weighted by Crippen LogP contribution is -2.37. The number of carbonyl (C=O) groups is 1. The van der Waals surface area contributed by atoms with E-state index in [1.807, 2.05) is 6.07 Å². The Hall–Kier alpha value is -2.51. The van der Waals surface area contributed by atoms with Gasteiger partial charge in [-0.2, -0.15) is 0 Å². The van der Waals surface area contributed by atoms with Crippen molar-refractivity contribution in [2.24, 2.45) is 0 Å². The van der Waals surface area contributed by atoms with Crippen LogP contribution in [0.5, 0.6) is 0 Å². The second kappa shape index (κ2) is 8.93. The van der Waals surface area contributed by atoms with Gasteiger partial charge in [-0.05, 0) is 43.2 Å². The molecule has 2 aliphatic rings. The minimum atomic E-state index is 0.00547. The molecule has 1 aliphatic carbocycles. The zero-order valence-corrected chi connectivity index (χ0v) is 18.5. The van der Waals surface area contributed by atoms with E-state index in [-0.39, 0.29) is 17.5 Å². The van der Waals surface area contributed by atoms with Crippen LogP contribution in [0.4, 0.5) is 0 Å². The van der Waals surface area contributed by atoms with Crippen molar-refractivity contribution in [3.8, 4) is 0 Å². The Morgan fingerprint density at radius 3 is 2.90 bits per heavy atom. The zero-order chi connectivity index (χ0) is 21.2. The highest BCUT2D eigenvalue weighted by molar-refractivity contribution is 7.18. The van der Waals surface area contributed by atoms with Gasteiger partial charge in [0, 0.05) is 43.5 Å². The molecule has 1 aromatic carbocycles. The van der Waals surface area contributed by atoms with E-state index in [0.29, 0.717) is 13.0 Å². The fourth-order valence-corrected chi connectivity index (χ4v) is 6.02. The van der Waals surface area contributed by atoms with Crippen LogP contribution in [-0.4, -0.2) is 39.5 Å². The molecule has 0 saturated carbocycles. The molecule has 0 unspecified atom stereocenters. The van der Waals surface area contributed by atoms with E-state index in [1.54, 1.807) is 22.2 Å². The number of thiophene rings is 1. The molecular formula is C24H28N4O2S. The van der Waals surface area contributed by atoms with Crippen molar-refractivity contribution < 1.29 is 4.79 Å². The third kappa shape index (κ3) is 4.43. The first kappa shape index (κ1) is 20.4. The average molecular weight is 437 g/mol. The number of hydrogen-bond donors (Lipinski definition) is 1. The Morgan fingerprint density at radius 1 is 1.19 bits per heavy atom. The summed E-state index contributed by atoms with van der Waals surface area (Å²) in [5.41, 5.74) is 2.51. The maximum absolute atomic E-state index is 13.0. The first-order valence-corrected chi connectivity index (χ1v) is 12.0. The van der Waals surface area contributed by atoms with Crippen LogP contribution in [0.15, 0.2) is 41.5 Å². The SMILES string of the molecule is O=C(CCn1cnc2sc3c(c2c1=O)CCCC3)N[C@@H]1CCN(Cc2ccccc2)C1. The molecule has 1 amide bonds. The summed E-state index contributed by atoms with van der Waals surface area (Å²) in [6.45, 7) is 3.15. The standard InChI is InChI=1S/C24H28N4O2S/c29-21(26-18-10-12-27(15-18)14-17-6-2-1-3-7-17)11-13-28-16-25-23-22(24(28)30)19-8-4-5-9-20(19)31-23/h1-3,6-7,16,18H,4-5,8-15H2,(H,26,29)/t18-/m1/s1. The largest absolute Gasteiger partial charge is 0.352 e. The highest BCUT2D eigenvalue weighted by Crippen LogP contribution is 2.33. The van der Waals surface area contributed by atoms with Crippen molar-refractivity contribution >= 4 is 27.5 Å². The number of hydrogen-bond acceptors (Lipinski definition) is 5. The van der Waals surface area contributed by atoms with Gasteiger partial charge in [-0.1, -0.05) is 30.3 Å². The molecule has 3 aromatic rings. The summed E-state index contributed by atoms with van der Waals surface area (Å²) < 4.78 is 1.61. The Kier molecular flexibility index (Phi) is 5.87. The summed E-state index contributed by atoms with van der Waals surface area (Å²) in [4.78, 5) is 34.6. The van der Waals surface area contributed by atoms with Crippen molar-refractivity contribution in [1.82, 2.24) is 19.8 Å². The quantitative estimate of drug-likeness (QED) is 0.645. The molecule has 1 N–H and O–H groups in total. The fraction of sp³-hybridized carbons (Fsp3) is 0.458. The molecule has 7 heteroatoms. The number of likely N-dealkylation sites (tertiary alicyclic amines) is 1. The van der Waals surface area contributed by atoms with Crippen LogP contribution >= 0.6 is 11.3 Å². The van der Waals surface area contributed by atoms with Crippen molar-refractivity contribution in [3.05, 3.63) is 63.0 Å². The van der Waals surface area contributed by atoms with Gasteiger partial charge in [-0.25, -0.2) is 4.98 Å². The van der Waals surface area contributed by atoms with Crippen LogP contribution < -0.4 is 10.9 Å². The summed E-state index contributed by atoms with van der Waals surface area (Å²) in [6.07, 6.45) is 7.23. The lowest BCUT2D eigenvalue weighted by molar-refractivity contribution is -0.121. The van der Waals surface area contributed by atoms with Gasteiger partial charge < -0.3 is 5.32 Å². The number of aromatic nitrogens is 2. The van der Waals surface area contributed by atoms with Crippen LogP contribution in [0.2, 0.25) is 0 Å². The predicted molar refractivity (Wildman–Crippen MR) is 123 cm³/mol. The van der Waals surface area contributed by atoms with Crippen LogP contribution in [0.3, 0.4) is 0 Å². The Labute approximate surface area is 185 Å². The topological polar surface area (TPSA) is 67.2 Å². The Bertz CT molecular complexity index is 1140. The van der Waals surface area contributed by atoms with Crippen molar-refractivity contribution in [2.75, 3.05) is 13.1 Å². The molecular weight excluding hydrogens is 408 g/mol. The molecule has 6 nitrogen and oxygen atoms in total. The highest BCUT2D eigenvalue weighted by Gasteiger charge is 2.24. The molecule has 162 valence electrons. The van der Waals surface area contributed by atoms with Gasteiger partial charge in [0.25, 0.3) is 5.56 Å². The third-order valence-corrected chi connectivity index (χ3v) is 7.61. The predicted octanol–water partition coefficient (Wildman–Crippen LogP) is 3.12. The summed E-state index contributed by atoms with van der Waals surface area (Å²) >= 11 is 1.66. The molecule has 3 heterocycles. The normalized spacial score (nSPS) is 18.9. The molecule has 1 saturated heterocycles. The minimum Gasteiger partial charge on any atom is -0.352 e. The Morgan fingerprint density at radius 2 is 2.03 bits per heavy atom. The number of benzene rings is 1. The summed E-state index contributed by atoms with van der Waals surface area (Å²) in [5, 5.41) is 3.94. The minimum absolute atomic E-state index is 0.00547. The van der Waals surface area contributed by atoms with E-state index < -0.39 is 0 Å². The van der Waals surface area contributed by atoms with Crippen LogP contribution in [0, 0.1) is 0 Å². The Balaban J connectivity index is 1.17. The van der Waals surface area contributed by atoms with Crippen LogP contribution in [0.1, 0.15) is 41.7 Å². The van der Waals surface area contributed by atoms with Gasteiger partial charge in [-0.3, -0.25) is 19.1 Å². The third-order valence-electron chi connectivity index (χ3n) is 6.41. The lowest BCUT2D eigenvalue weighted by Gasteiger charge is -2.17. The lowest BCUT2D eigenvalue weighted by atomic mass is 9.97. The van der Waals surface area contributed by atoms with Gasteiger partial charge in [0.15, 0.2) is 0 Å². The van der Waals surface area contributed by atoms with E-state index in [4.69, 9.17) is 0 Å². The number of nitrogens with zero attached hydrogens (tertiary/aromatic N) is 3. The van der Waals surface area contributed by atoms with Crippen molar-refractivity contribution in [1.29, 1.82) is 0 Å². The summed E-state index contributed by atoms with van der Waals surface area (Å²) in [7, 11) is 0. The smallest absolute Gasteiger partial charge is 0.262 e. The molecule has 0 spiro atoms. The molecule has 1 atom stereocenters. The van der Waals surface area contributed by atoms with Gasteiger partial charge >= 0.3 is 0 Å². The molecule has 5 rings (SSSR count). The number of nitrogens with one attached hydrogen (secondary N) is 1. The molecule has 31 heavy (non-hydrogen) atoms. The van der Waals surface area contributed by atoms with E-state index in [9.17, 15) is 9.59 Å². The summed E-state index contributed by atoms with van der Waals surface area (Å²) in [5.74, 6) is 0.00547. The maximum Gasteiger partial charge on any atom is 0.262 e. The number of amides is 1. The van der Waals surface area contributed by atoms with Crippen LogP contribution in [0.25, 0.3) is 10.2 Å². The van der Waals surface area contributed by atoms with Crippen LogP contribution in [-0.2, 0) is 30.7 Å². The van der Waals surface area contributed by atoms with E-state index in [0.717, 1.165) is 55.5 Å². The summed E-state index contributed by atoms with van der Waals surface area (Å²) in [6, 6.07) is 10.6. The number of rotatable bonds is 6. The molecule has 0 bridgehead atoms. The molecule has 2 aromatic heterocycles. The number of carbonyl (C=O) groups excluding carboxylic acids is 1. The highest BCUT2D eigenvalue weighted by atomic mass is 32.1. The first-order valence-electron chi connectivity index (χ1n) is 11.2. The van der Waals surface area contributed by atoms with Crippen molar-refractivity contribution in [3.63, 3.8) is 0 Å². The second-order valence-electron chi connectivity index (χ2n) is 8.66. The van der Waals surface area contributed by atoms with E-state index in [1.165, 1.54) is 22.4 Å². The van der Waals surface area contributed by atoms with E-state index >= 15 is 0 Å². The van der Waals surface area contributed by atoms with Gasteiger partial charge in [-0.15, -0.1) is 11.3 Å². The van der Waals surface area contributed by atoms with Gasteiger partial charge in [0.05, 0.1) is 11.7 Å². The maximum atomic E-state index is 13.0. The van der Waals surface area contributed by atoms with Crippen molar-refractivity contribution in [2.45, 2.75) is 57.7 Å². The van der Waals surface area contributed by atoms with E-state index in [2.05, 4.69) is 39.5 Å². The zero-order valence-electron chi connectivity index (χ0n) is 17.7. The average Bonchev–Trinajstić information content (AvgIpc) is 3.38. The first-order chi connectivity index (χ1) is 15.2. The number of fused-ring (bicyclic) bond motifs is 3.